The van der Waals surface area contributed by atoms with Crippen molar-refractivity contribution in [2.75, 3.05) is 0 Å². The fourth-order valence-corrected chi connectivity index (χ4v) is 7.21. The molecule has 7 aromatic carbocycles. The number of hydrogen-bond acceptors (Lipinski definition) is 5. The molecule has 5 heteroatoms. The van der Waals surface area contributed by atoms with Gasteiger partial charge >= 0.3 is 0 Å². The molecule has 0 aliphatic heterocycles. The number of para-hydroxylation sites is 4. The van der Waals surface area contributed by atoms with Gasteiger partial charge in [-0.15, -0.1) is 0 Å². The number of aromatic nitrogens is 2. The maximum atomic E-state index is 9.45. The van der Waals surface area contributed by atoms with E-state index in [-0.39, 0.29) is 0 Å². The fraction of sp³-hybridized carbons (Fsp3) is 0. The van der Waals surface area contributed by atoms with E-state index >= 15 is 0 Å². The normalized spacial score (nSPS) is 11.4. The van der Waals surface area contributed by atoms with Crippen LogP contribution in [0.1, 0.15) is 5.56 Å². The van der Waals surface area contributed by atoms with Gasteiger partial charge in [0.1, 0.15) is 22.3 Å². The largest absolute Gasteiger partial charge is 0.455 e. The summed E-state index contributed by atoms with van der Waals surface area (Å²) < 4.78 is 13.1. The molecule has 10 rings (SSSR count). The lowest BCUT2D eigenvalue weighted by atomic mass is 9.93. The maximum Gasteiger partial charge on any atom is 0.160 e. The van der Waals surface area contributed by atoms with Crippen LogP contribution >= 0.6 is 0 Å². The SMILES string of the molecule is N#Cc1ccc(-c2cc(-c3cc(-c4cccc5c4oc4ccccc45)cc(-c4cccc5c4oc4ccccc45)c3)nc(-c3ccccc3)n2)cc1. The van der Waals surface area contributed by atoms with Gasteiger partial charge in [-0.05, 0) is 59.7 Å². The molecule has 0 aliphatic carbocycles. The van der Waals surface area contributed by atoms with E-state index in [0.717, 1.165) is 94.2 Å². The monoisotopic (exact) mass is 665 g/mol. The van der Waals surface area contributed by atoms with Gasteiger partial charge < -0.3 is 8.83 Å². The summed E-state index contributed by atoms with van der Waals surface area (Å²) in [6, 6.07) is 57.3. The molecule has 0 unspecified atom stereocenters. The Morgan fingerprint density at radius 1 is 0.404 bits per heavy atom. The van der Waals surface area contributed by atoms with Crippen molar-refractivity contribution in [2.24, 2.45) is 0 Å². The first-order valence-electron chi connectivity index (χ1n) is 17.1. The number of hydrogen-bond donors (Lipinski definition) is 0. The van der Waals surface area contributed by atoms with Crippen molar-refractivity contribution in [3.05, 3.63) is 169 Å². The van der Waals surface area contributed by atoms with Gasteiger partial charge in [0.25, 0.3) is 0 Å². The molecule has 0 N–H and O–H groups in total. The molecule has 0 saturated heterocycles. The van der Waals surface area contributed by atoms with E-state index in [2.05, 4.69) is 72.8 Å². The molecule has 3 aromatic heterocycles. The Morgan fingerprint density at radius 3 is 1.48 bits per heavy atom. The van der Waals surface area contributed by atoms with Crippen molar-refractivity contribution in [1.82, 2.24) is 9.97 Å². The molecule has 242 valence electrons. The molecule has 5 nitrogen and oxygen atoms in total. The zero-order valence-electron chi connectivity index (χ0n) is 27.7. The van der Waals surface area contributed by atoms with Gasteiger partial charge in [-0.25, -0.2) is 9.97 Å². The lowest BCUT2D eigenvalue weighted by molar-refractivity contribution is 0.670. The lowest BCUT2D eigenvalue weighted by Crippen LogP contribution is -1.96. The Kier molecular flexibility index (Phi) is 6.80. The molecule has 3 heterocycles. The predicted octanol–water partition coefficient (Wildman–Crippen LogP) is 12.5. The Labute approximate surface area is 298 Å². The smallest absolute Gasteiger partial charge is 0.160 e. The van der Waals surface area contributed by atoms with E-state index in [1.165, 1.54) is 0 Å². The quantitative estimate of drug-likeness (QED) is 0.183. The zero-order valence-corrected chi connectivity index (χ0v) is 27.7. The highest BCUT2D eigenvalue weighted by molar-refractivity contribution is 6.11. The number of nitrogens with zero attached hydrogens (tertiary/aromatic N) is 3. The van der Waals surface area contributed by atoms with Gasteiger partial charge in [-0.2, -0.15) is 5.26 Å². The van der Waals surface area contributed by atoms with Crippen molar-refractivity contribution >= 4 is 43.9 Å². The summed E-state index contributed by atoms with van der Waals surface area (Å²) in [5.74, 6) is 0.614. The van der Waals surface area contributed by atoms with Crippen molar-refractivity contribution < 1.29 is 8.83 Å². The molecule has 10 aromatic rings. The Morgan fingerprint density at radius 2 is 0.904 bits per heavy atom. The predicted molar refractivity (Wildman–Crippen MR) is 208 cm³/mol. The minimum atomic E-state index is 0.596. The van der Waals surface area contributed by atoms with Crippen molar-refractivity contribution in [2.45, 2.75) is 0 Å². The first-order chi connectivity index (χ1) is 25.7. The summed E-state index contributed by atoms with van der Waals surface area (Å²) in [6.07, 6.45) is 0. The summed E-state index contributed by atoms with van der Waals surface area (Å²) in [6.45, 7) is 0. The molecular formula is C47H27N3O2. The summed E-state index contributed by atoms with van der Waals surface area (Å²) in [4.78, 5) is 10.2. The van der Waals surface area contributed by atoms with Crippen LogP contribution in [0.15, 0.2) is 173 Å². The van der Waals surface area contributed by atoms with Gasteiger partial charge in [0.15, 0.2) is 5.82 Å². The molecule has 0 aliphatic rings. The minimum Gasteiger partial charge on any atom is -0.455 e. The summed E-state index contributed by atoms with van der Waals surface area (Å²) in [5.41, 5.74) is 12.2. The first kappa shape index (κ1) is 29.6. The third kappa shape index (κ3) is 4.93. The number of rotatable bonds is 5. The van der Waals surface area contributed by atoms with Crippen LogP contribution in [-0.4, -0.2) is 9.97 Å². The van der Waals surface area contributed by atoms with E-state index in [1.807, 2.05) is 97.1 Å². The van der Waals surface area contributed by atoms with Crippen LogP contribution in [0.4, 0.5) is 0 Å². The third-order valence-electron chi connectivity index (χ3n) is 9.73. The summed E-state index contributed by atoms with van der Waals surface area (Å²) >= 11 is 0. The first-order valence-corrected chi connectivity index (χ1v) is 17.1. The van der Waals surface area contributed by atoms with Crippen LogP contribution in [0.25, 0.3) is 100 Å². The third-order valence-corrected chi connectivity index (χ3v) is 9.73. The molecule has 0 spiro atoms. The van der Waals surface area contributed by atoms with Gasteiger partial charge in [0.05, 0.1) is 23.0 Å². The summed E-state index contributed by atoms with van der Waals surface area (Å²) in [5, 5.41) is 13.7. The van der Waals surface area contributed by atoms with Crippen molar-refractivity contribution in [3.63, 3.8) is 0 Å². The molecule has 0 bridgehead atoms. The number of fused-ring (bicyclic) bond motifs is 6. The second-order valence-electron chi connectivity index (χ2n) is 12.9. The molecule has 0 radical (unpaired) electrons. The van der Waals surface area contributed by atoms with Gasteiger partial charge in [0, 0.05) is 49.4 Å². The Bertz CT molecular complexity index is 2890. The van der Waals surface area contributed by atoms with E-state index in [1.54, 1.807) is 0 Å². The molecule has 0 amide bonds. The van der Waals surface area contributed by atoms with Crippen LogP contribution in [0, 0.1) is 11.3 Å². The van der Waals surface area contributed by atoms with Gasteiger partial charge in [-0.3, -0.25) is 0 Å². The zero-order chi connectivity index (χ0) is 34.6. The van der Waals surface area contributed by atoms with Crippen molar-refractivity contribution in [3.8, 4) is 62.2 Å². The second kappa shape index (κ2) is 11.9. The van der Waals surface area contributed by atoms with E-state index in [4.69, 9.17) is 18.8 Å². The van der Waals surface area contributed by atoms with Gasteiger partial charge in [0.2, 0.25) is 0 Å². The average molecular weight is 666 g/mol. The highest BCUT2D eigenvalue weighted by atomic mass is 16.3. The van der Waals surface area contributed by atoms with Gasteiger partial charge in [-0.1, -0.05) is 115 Å². The van der Waals surface area contributed by atoms with E-state index < -0.39 is 0 Å². The Hall–Kier alpha value is -7.29. The molecule has 0 atom stereocenters. The lowest BCUT2D eigenvalue weighted by Gasteiger charge is -2.13. The molecule has 0 fully saturated rings. The number of nitriles is 1. The minimum absolute atomic E-state index is 0.596. The van der Waals surface area contributed by atoms with Crippen molar-refractivity contribution in [1.29, 1.82) is 5.26 Å². The number of furan rings is 2. The molecular weight excluding hydrogens is 639 g/mol. The van der Waals surface area contributed by atoms with Crippen LogP contribution in [-0.2, 0) is 0 Å². The number of benzene rings is 7. The van der Waals surface area contributed by atoms with E-state index in [0.29, 0.717) is 11.4 Å². The standard InChI is InChI=1S/C47H27N3O2/c48-28-29-20-22-30(23-21-29)41-27-42(50-47(49-41)31-10-2-1-3-11-31)34-25-32(35-14-8-16-39-37-12-4-6-18-43(37)51-45(35)39)24-33(26-34)36-15-9-17-40-38-13-5-7-19-44(38)52-46(36)40/h1-27H. The van der Waals surface area contributed by atoms with E-state index in [9.17, 15) is 5.26 Å². The van der Waals surface area contributed by atoms with Crippen LogP contribution in [0.2, 0.25) is 0 Å². The Balaban J connectivity index is 1.25. The van der Waals surface area contributed by atoms with Crippen LogP contribution in [0.5, 0.6) is 0 Å². The topological polar surface area (TPSA) is 75.8 Å². The fourth-order valence-electron chi connectivity index (χ4n) is 7.21. The van der Waals surface area contributed by atoms with Crippen LogP contribution in [0.3, 0.4) is 0 Å². The average Bonchev–Trinajstić information content (AvgIpc) is 3.80. The highest BCUT2D eigenvalue weighted by Crippen LogP contribution is 2.42. The highest BCUT2D eigenvalue weighted by Gasteiger charge is 2.19. The summed E-state index contributed by atoms with van der Waals surface area (Å²) in [7, 11) is 0. The second-order valence-corrected chi connectivity index (χ2v) is 12.9. The molecule has 0 saturated carbocycles. The molecule has 52 heavy (non-hydrogen) atoms. The maximum absolute atomic E-state index is 9.45. The van der Waals surface area contributed by atoms with Crippen LogP contribution < -0.4 is 0 Å².